The number of hydrogen-bond donors (Lipinski definition) is 3. The van der Waals surface area contributed by atoms with E-state index in [0.29, 0.717) is 18.1 Å². The molecule has 2 heterocycles. The van der Waals surface area contributed by atoms with E-state index in [2.05, 4.69) is 10.3 Å². The second-order valence-corrected chi connectivity index (χ2v) is 7.97. The van der Waals surface area contributed by atoms with Crippen LogP contribution in [0.2, 0.25) is 5.02 Å². The van der Waals surface area contributed by atoms with E-state index in [1.54, 1.807) is 24.5 Å². The number of pyridine rings is 1. The third-order valence-electron chi connectivity index (χ3n) is 5.40. The van der Waals surface area contributed by atoms with Gasteiger partial charge in [0.05, 0.1) is 11.7 Å². The number of halogens is 1. The summed E-state index contributed by atoms with van der Waals surface area (Å²) < 4.78 is 6.12. The van der Waals surface area contributed by atoms with Crippen molar-refractivity contribution in [1.29, 1.82) is 0 Å². The van der Waals surface area contributed by atoms with E-state index in [1.165, 1.54) is 6.07 Å². The summed E-state index contributed by atoms with van der Waals surface area (Å²) in [6.45, 7) is 1.07. The molecule has 0 unspecified atom stereocenters. The molecule has 1 aliphatic heterocycles. The van der Waals surface area contributed by atoms with Crippen LogP contribution in [0.15, 0.2) is 60.9 Å². The number of aromatic carboxylic acids is 1. The Hall–Kier alpha value is -2.93. The van der Waals surface area contributed by atoms with Gasteiger partial charge in [-0.25, -0.2) is 4.79 Å². The van der Waals surface area contributed by atoms with E-state index in [1.807, 2.05) is 30.3 Å². The molecule has 7 heteroatoms. The zero-order valence-electron chi connectivity index (χ0n) is 16.8. The molecule has 0 amide bonds. The number of carboxylic acid groups (broad SMARTS) is 1. The van der Waals surface area contributed by atoms with Crippen LogP contribution in [-0.4, -0.2) is 40.4 Å². The largest absolute Gasteiger partial charge is 0.489 e. The van der Waals surface area contributed by atoms with Gasteiger partial charge in [0.2, 0.25) is 0 Å². The standard InChI is InChI=1S/C24H23ClN2O4/c25-21-11-17(24(29)30)4-7-20(21)15-5-8-23-16(10-15)3-6-19(31-23)13-27-14-22(28)18-2-1-9-26-12-18/h1-2,4-5,7-12,19,22,27-28H,3,6,13-14H2,(H,29,30)/t19-,22-/m1/s1. The van der Waals surface area contributed by atoms with Gasteiger partial charge < -0.3 is 20.3 Å². The Bertz CT molecular complexity index is 1070. The first-order valence-corrected chi connectivity index (χ1v) is 10.5. The van der Waals surface area contributed by atoms with Gasteiger partial charge in [0.15, 0.2) is 0 Å². The number of aliphatic hydroxyl groups is 1. The average molecular weight is 439 g/mol. The van der Waals surface area contributed by atoms with Crippen molar-refractivity contribution in [2.24, 2.45) is 0 Å². The maximum Gasteiger partial charge on any atom is 0.335 e. The number of nitrogens with zero attached hydrogens (tertiary/aromatic N) is 1. The van der Waals surface area contributed by atoms with Crippen LogP contribution in [0, 0.1) is 0 Å². The summed E-state index contributed by atoms with van der Waals surface area (Å²) in [5, 5.41) is 23.0. The van der Waals surface area contributed by atoms with Crippen molar-refractivity contribution in [3.05, 3.63) is 82.6 Å². The normalized spacial score (nSPS) is 16.3. The van der Waals surface area contributed by atoms with Gasteiger partial charge in [0.1, 0.15) is 11.9 Å². The number of carboxylic acids is 1. The number of hydrogen-bond acceptors (Lipinski definition) is 5. The molecule has 6 nitrogen and oxygen atoms in total. The van der Waals surface area contributed by atoms with Crippen LogP contribution in [0.3, 0.4) is 0 Å². The van der Waals surface area contributed by atoms with E-state index < -0.39 is 12.1 Å². The molecule has 2 atom stereocenters. The minimum atomic E-state index is -1.00. The molecule has 160 valence electrons. The topological polar surface area (TPSA) is 91.7 Å². The Morgan fingerprint density at radius 1 is 1.26 bits per heavy atom. The highest BCUT2D eigenvalue weighted by atomic mass is 35.5. The monoisotopic (exact) mass is 438 g/mol. The van der Waals surface area contributed by atoms with Gasteiger partial charge in [-0.3, -0.25) is 4.98 Å². The van der Waals surface area contributed by atoms with Gasteiger partial charge in [0.25, 0.3) is 0 Å². The second kappa shape index (κ2) is 9.47. The van der Waals surface area contributed by atoms with E-state index in [-0.39, 0.29) is 11.7 Å². The van der Waals surface area contributed by atoms with Gasteiger partial charge >= 0.3 is 5.97 Å². The summed E-state index contributed by atoms with van der Waals surface area (Å²) in [6, 6.07) is 14.3. The average Bonchev–Trinajstić information content (AvgIpc) is 2.79. The van der Waals surface area contributed by atoms with Crippen LogP contribution in [-0.2, 0) is 6.42 Å². The van der Waals surface area contributed by atoms with Gasteiger partial charge in [-0.2, -0.15) is 0 Å². The zero-order chi connectivity index (χ0) is 21.8. The number of nitrogens with one attached hydrogen (secondary N) is 1. The third kappa shape index (κ3) is 5.05. The minimum Gasteiger partial charge on any atom is -0.489 e. The van der Waals surface area contributed by atoms with E-state index in [9.17, 15) is 9.90 Å². The number of ether oxygens (including phenoxy) is 1. The molecule has 3 N–H and O–H groups in total. The first kappa shape index (κ1) is 21.3. The summed E-state index contributed by atoms with van der Waals surface area (Å²) in [5.74, 6) is -0.159. The number of aromatic nitrogens is 1. The molecule has 0 radical (unpaired) electrons. The van der Waals surface area contributed by atoms with Gasteiger partial charge in [0, 0.05) is 41.6 Å². The number of carbonyl (C=O) groups is 1. The van der Waals surface area contributed by atoms with Gasteiger partial charge in [-0.15, -0.1) is 0 Å². The molecule has 0 spiro atoms. The number of aliphatic hydroxyl groups excluding tert-OH is 1. The Morgan fingerprint density at radius 2 is 2.13 bits per heavy atom. The predicted octanol–water partition coefficient (Wildman–Crippen LogP) is 4.12. The van der Waals surface area contributed by atoms with Crippen LogP contribution in [0.4, 0.5) is 0 Å². The van der Waals surface area contributed by atoms with Crippen molar-refractivity contribution in [1.82, 2.24) is 10.3 Å². The van der Waals surface area contributed by atoms with Crippen molar-refractivity contribution in [3.63, 3.8) is 0 Å². The number of fused-ring (bicyclic) bond motifs is 1. The zero-order valence-corrected chi connectivity index (χ0v) is 17.5. The molecule has 1 aliphatic rings. The van der Waals surface area contributed by atoms with E-state index in [4.69, 9.17) is 21.4 Å². The SMILES string of the molecule is O=C(O)c1ccc(-c2ccc3c(c2)CC[C@H](CNC[C@@H](O)c2cccnc2)O3)c(Cl)c1. The molecule has 1 aromatic heterocycles. The highest BCUT2D eigenvalue weighted by Gasteiger charge is 2.21. The van der Waals surface area contributed by atoms with E-state index >= 15 is 0 Å². The van der Waals surface area contributed by atoms with Crippen LogP contribution in [0.25, 0.3) is 11.1 Å². The van der Waals surface area contributed by atoms with Crippen molar-refractivity contribution < 1.29 is 19.7 Å². The molecule has 3 aromatic rings. The Morgan fingerprint density at radius 3 is 2.87 bits per heavy atom. The highest BCUT2D eigenvalue weighted by molar-refractivity contribution is 6.33. The third-order valence-corrected chi connectivity index (χ3v) is 5.71. The van der Waals surface area contributed by atoms with Crippen LogP contribution < -0.4 is 10.1 Å². The van der Waals surface area contributed by atoms with Crippen molar-refractivity contribution in [2.75, 3.05) is 13.1 Å². The Labute approximate surface area is 185 Å². The van der Waals surface area contributed by atoms with Crippen LogP contribution in [0.5, 0.6) is 5.75 Å². The smallest absolute Gasteiger partial charge is 0.335 e. The lowest BCUT2D eigenvalue weighted by molar-refractivity contribution is 0.0697. The molecule has 0 saturated carbocycles. The van der Waals surface area contributed by atoms with Crippen LogP contribution >= 0.6 is 11.6 Å². The number of benzene rings is 2. The van der Waals surface area contributed by atoms with Gasteiger partial charge in [-0.05, 0) is 54.3 Å². The fraction of sp³-hybridized carbons (Fsp3) is 0.250. The molecule has 0 saturated heterocycles. The molecule has 0 aliphatic carbocycles. The summed E-state index contributed by atoms with van der Waals surface area (Å²) >= 11 is 6.31. The Kier molecular flexibility index (Phi) is 6.51. The first-order valence-electron chi connectivity index (χ1n) is 10.1. The lowest BCUT2D eigenvalue weighted by Crippen LogP contribution is -2.36. The lowest BCUT2D eigenvalue weighted by Gasteiger charge is -2.27. The molecule has 31 heavy (non-hydrogen) atoms. The van der Waals surface area contributed by atoms with Gasteiger partial charge in [-0.1, -0.05) is 29.8 Å². The minimum absolute atomic E-state index is 0.0258. The molecular weight excluding hydrogens is 416 g/mol. The van der Waals surface area contributed by atoms with E-state index in [0.717, 1.165) is 40.8 Å². The quantitative estimate of drug-likeness (QED) is 0.514. The fourth-order valence-electron chi connectivity index (χ4n) is 3.71. The van der Waals surface area contributed by atoms with Crippen LogP contribution in [0.1, 0.15) is 34.0 Å². The highest BCUT2D eigenvalue weighted by Crippen LogP contribution is 2.35. The molecule has 2 aromatic carbocycles. The summed E-state index contributed by atoms with van der Waals surface area (Å²) in [6.07, 6.45) is 4.49. The molecule has 4 rings (SSSR count). The lowest BCUT2D eigenvalue weighted by atomic mass is 9.96. The maximum absolute atomic E-state index is 11.1. The molecule has 0 fully saturated rings. The second-order valence-electron chi connectivity index (χ2n) is 7.56. The number of rotatable bonds is 7. The van der Waals surface area contributed by atoms with Crippen molar-refractivity contribution in [2.45, 2.75) is 25.0 Å². The van der Waals surface area contributed by atoms with Crippen molar-refractivity contribution in [3.8, 4) is 16.9 Å². The molecule has 0 bridgehead atoms. The molecular formula is C24H23ClN2O4. The Balaban J connectivity index is 1.37. The summed E-state index contributed by atoms with van der Waals surface area (Å²) in [5.41, 5.74) is 3.78. The first-order chi connectivity index (χ1) is 15.0. The fourth-order valence-corrected chi connectivity index (χ4v) is 4.00. The summed E-state index contributed by atoms with van der Waals surface area (Å²) in [7, 11) is 0. The summed E-state index contributed by atoms with van der Waals surface area (Å²) in [4.78, 5) is 15.1. The van der Waals surface area contributed by atoms with Crippen molar-refractivity contribution >= 4 is 17.6 Å². The predicted molar refractivity (Wildman–Crippen MR) is 119 cm³/mol. The number of aryl methyl sites for hydroxylation is 1. The maximum atomic E-state index is 11.1.